The average molecular weight is 521 g/mol. The Kier molecular flexibility index (Phi) is 6.52. The molecule has 1 aliphatic rings. The number of fused-ring (bicyclic) bond motifs is 2. The van der Waals surface area contributed by atoms with Crippen molar-refractivity contribution in [3.8, 4) is 5.75 Å². The predicted molar refractivity (Wildman–Crippen MR) is 159 cm³/mol. The molecule has 0 aliphatic carbocycles. The van der Waals surface area contributed by atoms with Gasteiger partial charge in [0.05, 0.1) is 22.3 Å². The smallest absolute Gasteiger partial charge is 0.145 e. The number of anilines is 2. The number of hydrogen-bond donors (Lipinski definition) is 2. The number of para-hydroxylation sites is 4. The highest BCUT2D eigenvalue weighted by atomic mass is 35.5. The van der Waals surface area contributed by atoms with Crippen LogP contribution in [0.1, 0.15) is 17.2 Å². The van der Waals surface area contributed by atoms with Gasteiger partial charge in [0.2, 0.25) is 0 Å². The highest BCUT2D eigenvalue weighted by Gasteiger charge is 2.34. The van der Waals surface area contributed by atoms with Crippen molar-refractivity contribution in [2.45, 2.75) is 6.10 Å². The summed E-state index contributed by atoms with van der Waals surface area (Å²) in [6.07, 6.45) is 1.78. The molecule has 1 aromatic heterocycles. The Morgan fingerprint density at radius 2 is 1.63 bits per heavy atom. The molecule has 6 heteroatoms. The van der Waals surface area contributed by atoms with Crippen molar-refractivity contribution in [3.05, 3.63) is 119 Å². The molecule has 1 aliphatic heterocycles. The van der Waals surface area contributed by atoms with Gasteiger partial charge in [-0.25, -0.2) is 4.99 Å². The number of halogens is 1. The Balaban J connectivity index is 1.51. The Bertz CT molecular complexity index is 1610. The SMILES string of the molecule is CN(C)c1ccc(C2Oc3ccccc3N=C(c3c[nH]c4ccccc34)C2CNc2ccccc2Cl)cc1. The Morgan fingerprint density at radius 3 is 2.45 bits per heavy atom. The molecule has 0 fully saturated rings. The second kappa shape index (κ2) is 10.3. The number of benzene rings is 4. The normalized spacial score (nSPS) is 16.8. The summed E-state index contributed by atoms with van der Waals surface area (Å²) in [5, 5.41) is 5.41. The van der Waals surface area contributed by atoms with Gasteiger partial charge in [0.25, 0.3) is 0 Å². The maximum atomic E-state index is 6.80. The van der Waals surface area contributed by atoms with Crippen LogP contribution in [0, 0.1) is 5.92 Å². The number of rotatable bonds is 6. The van der Waals surface area contributed by atoms with E-state index in [0.29, 0.717) is 11.6 Å². The molecule has 38 heavy (non-hydrogen) atoms. The highest BCUT2D eigenvalue weighted by Crippen LogP contribution is 2.42. The molecule has 190 valence electrons. The number of aromatic nitrogens is 1. The number of H-pyrrole nitrogens is 1. The van der Waals surface area contributed by atoms with E-state index in [9.17, 15) is 0 Å². The Morgan fingerprint density at radius 1 is 0.895 bits per heavy atom. The molecule has 2 N–H and O–H groups in total. The summed E-state index contributed by atoms with van der Waals surface area (Å²) in [6, 6.07) is 32.7. The van der Waals surface area contributed by atoms with Crippen molar-refractivity contribution >= 4 is 45.3 Å². The van der Waals surface area contributed by atoms with Crippen LogP contribution in [0.3, 0.4) is 0 Å². The molecule has 5 nitrogen and oxygen atoms in total. The average Bonchev–Trinajstić information content (AvgIpc) is 3.30. The maximum Gasteiger partial charge on any atom is 0.145 e. The van der Waals surface area contributed by atoms with Crippen molar-refractivity contribution in [2.24, 2.45) is 10.9 Å². The van der Waals surface area contributed by atoms with E-state index in [1.54, 1.807) is 0 Å². The van der Waals surface area contributed by atoms with Gasteiger partial charge < -0.3 is 19.9 Å². The van der Waals surface area contributed by atoms with Gasteiger partial charge in [-0.2, -0.15) is 0 Å². The van der Waals surface area contributed by atoms with Gasteiger partial charge in [0.15, 0.2) is 0 Å². The van der Waals surface area contributed by atoms with Gasteiger partial charge in [-0.1, -0.05) is 66.2 Å². The molecule has 0 spiro atoms. The van der Waals surface area contributed by atoms with Crippen molar-refractivity contribution in [1.29, 1.82) is 0 Å². The third-order valence-electron chi connectivity index (χ3n) is 7.07. The summed E-state index contributed by atoms with van der Waals surface area (Å²) >= 11 is 6.53. The zero-order chi connectivity index (χ0) is 26.1. The molecule has 2 unspecified atom stereocenters. The van der Waals surface area contributed by atoms with Crippen LogP contribution in [0.15, 0.2) is 108 Å². The molecule has 0 amide bonds. The molecule has 0 radical (unpaired) electrons. The monoisotopic (exact) mass is 520 g/mol. The third kappa shape index (κ3) is 4.61. The summed E-state index contributed by atoms with van der Waals surface area (Å²) in [5.41, 5.74) is 7.05. The fourth-order valence-electron chi connectivity index (χ4n) is 5.06. The largest absolute Gasteiger partial charge is 0.483 e. The third-order valence-corrected chi connectivity index (χ3v) is 7.40. The maximum absolute atomic E-state index is 6.80. The van der Waals surface area contributed by atoms with Crippen LogP contribution in [-0.2, 0) is 0 Å². The Hall–Kier alpha value is -4.22. The minimum Gasteiger partial charge on any atom is -0.483 e. The van der Waals surface area contributed by atoms with Crippen molar-refractivity contribution < 1.29 is 4.74 Å². The summed E-state index contributed by atoms with van der Waals surface area (Å²) < 4.78 is 6.80. The van der Waals surface area contributed by atoms with Crippen molar-refractivity contribution in [2.75, 3.05) is 30.9 Å². The molecular formula is C32H29ClN4O. The number of ether oxygens (including phenoxy) is 1. The van der Waals surface area contributed by atoms with Crippen LogP contribution in [0.4, 0.5) is 17.1 Å². The minimum atomic E-state index is -0.280. The van der Waals surface area contributed by atoms with Gasteiger partial charge >= 0.3 is 0 Å². The highest BCUT2D eigenvalue weighted by molar-refractivity contribution is 6.33. The van der Waals surface area contributed by atoms with Crippen LogP contribution in [0.25, 0.3) is 10.9 Å². The fraction of sp³-hybridized carbons (Fsp3) is 0.156. The van der Waals surface area contributed by atoms with Gasteiger partial charge in [-0.15, -0.1) is 0 Å². The first kappa shape index (κ1) is 24.1. The van der Waals surface area contributed by atoms with Crippen LogP contribution in [-0.4, -0.2) is 31.3 Å². The van der Waals surface area contributed by atoms with Crippen LogP contribution < -0.4 is 15.0 Å². The summed E-state index contributed by atoms with van der Waals surface area (Å²) in [5.74, 6) is 0.648. The van der Waals surface area contributed by atoms with Gasteiger partial charge in [-0.3, -0.25) is 0 Å². The standard InChI is InChI=1S/C32H29ClN4O/c1-37(2)22-17-15-21(16-18-22)32-25(20-35-28-12-6-4-10-26(28)33)31(36-29-13-7-8-14-30(29)38-32)24-19-34-27-11-5-3-9-23(24)27/h3-19,25,32,34-35H,20H2,1-2H3. The zero-order valence-electron chi connectivity index (χ0n) is 21.4. The van der Waals surface area contributed by atoms with Gasteiger partial charge in [0.1, 0.15) is 17.5 Å². The van der Waals surface area contributed by atoms with E-state index in [0.717, 1.165) is 50.6 Å². The van der Waals surface area contributed by atoms with Gasteiger partial charge in [-0.05, 0) is 48.0 Å². The van der Waals surface area contributed by atoms with Crippen LogP contribution in [0.2, 0.25) is 5.02 Å². The van der Waals surface area contributed by atoms with E-state index in [1.807, 2.05) is 68.7 Å². The van der Waals surface area contributed by atoms with E-state index in [2.05, 4.69) is 63.9 Å². The minimum absolute atomic E-state index is 0.122. The lowest BCUT2D eigenvalue weighted by molar-refractivity contribution is 0.176. The number of hydrogen-bond acceptors (Lipinski definition) is 4. The second-order valence-corrected chi connectivity index (χ2v) is 10.1. The Labute approximate surface area is 227 Å². The molecule has 2 atom stereocenters. The molecule has 0 saturated heterocycles. The lowest BCUT2D eigenvalue weighted by atomic mass is 9.87. The van der Waals surface area contributed by atoms with E-state index in [1.165, 1.54) is 0 Å². The molecular weight excluding hydrogens is 492 g/mol. The first-order valence-corrected chi connectivity index (χ1v) is 13.1. The van der Waals surface area contributed by atoms with Gasteiger partial charge in [0, 0.05) is 49.0 Å². The van der Waals surface area contributed by atoms with E-state index < -0.39 is 0 Å². The summed E-state index contributed by atoms with van der Waals surface area (Å²) in [6.45, 7) is 0.580. The van der Waals surface area contributed by atoms with E-state index in [4.69, 9.17) is 21.3 Å². The summed E-state index contributed by atoms with van der Waals surface area (Å²) in [4.78, 5) is 10.8. The number of nitrogens with one attached hydrogen (secondary N) is 2. The molecule has 2 heterocycles. The first-order valence-electron chi connectivity index (χ1n) is 12.7. The van der Waals surface area contributed by atoms with E-state index >= 15 is 0 Å². The second-order valence-electron chi connectivity index (χ2n) is 9.70. The predicted octanol–water partition coefficient (Wildman–Crippen LogP) is 7.87. The van der Waals surface area contributed by atoms with Crippen molar-refractivity contribution in [1.82, 2.24) is 4.98 Å². The number of aromatic amines is 1. The fourth-order valence-corrected chi connectivity index (χ4v) is 5.26. The number of aliphatic imine (C=N–C) groups is 1. The molecule has 0 bridgehead atoms. The molecule has 4 aromatic carbocycles. The van der Waals surface area contributed by atoms with Crippen LogP contribution in [0.5, 0.6) is 5.75 Å². The lowest BCUT2D eigenvalue weighted by Crippen LogP contribution is -2.32. The van der Waals surface area contributed by atoms with E-state index in [-0.39, 0.29) is 12.0 Å². The lowest BCUT2D eigenvalue weighted by Gasteiger charge is -2.29. The summed E-state index contributed by atoms with van der Waals surface area (Å²) in [7, 11) is 4.09. The molecule has 5 aromatic rings. The quantitative estimate of drug-likeness (QED) is 0.239. The molecule has 6 rings (SSSR count). The van der Waals surface area contributed by atoms with Crippen molar-refractivity contribution in [3.63, 3.8) is 0 Å². The zero-order valence-corrected chi connectivity index (χ0v) is 22.1. The first-order chi connectivity index (χ1) is 18.6. The number of nitrogens with zero attached hydrogens (tertiary/aromatic N) is 2. The molecule has 0 saturated carbocycles. The topological polar surface area (TPSA) is 52.6 Å². The van der Waals surface area contributed by atoms with Crippen LogP contribution >= 0.6 is 11.6 Å².